The van der Waals surface area contributed by atoms with Crippen molar-refractivity contribution in [3.63, 3.8) is 0 Å². The zero-order chi connectivity index (χ0) is 39.2. The average Bonchev–Trinajstić information content (AvgIpc) is 3.93. The highest BCUT2D eigenvalue weighted by molar-refractivity contribution is 5.83. The van der Waals surface area contributed by atoms with Crippen LogP contribution >= 0.6 is 0 Å². The van der Waals surface area contributed by atoms with Gasteiger partial charge in [0, 0.05) is 74.8 Å². The van der Waals surface area contributed by atoms with Gasteiger partial charge in [0.15, 0.2) is 0 Å². The number of aromatic nitrogens is 4. The second-order valence-electron chi connectivity index (χ2n) is 15.5. The van der Waals surface area contributed by atoms with Crippen LogP contribution in [0.1, 0.15) is 41.5 Å². The second kappa shape index (κ2) is 15.2. The van der Waals surface area contributed by atoms with E-state index in [9.17, 15) is 19.8 Å². The summed E-state index contributed by atoms with van der Waals surface area (Å²) in [6, 6.07) is 23.5. The molecule has 0 spiro atoms. The van der Waals surface area contributed by atoms with E-state index in [1.165, 1.54) is 0 Å². The molecule has 0 aliphatic carbocycles. The Kier molecular flexibility index (Phi) is 9.79. The molecule has 0 amide bonds. The maximum atomic E-state index is 12.7. The molecule has 12 nitrogen and oxygen atoms in total. The first-order valence-corrected chi connectivity index (χ1v) is 19.5. The smallest absolute Gasteiger partial charge is 0.345 e. The van der Waals surface area contributed by atoms with Crippen molar-refractivity contribution in [1.29, 1.82) is 0 Å². The monoisotopic (exact) mass is 764 g/mol. The standard InChI is InChI=1S/C23H23N3O3.C22H21N3O3/c1-15-2-5-22-24-20(14-26(22)12-15)19-11-17-4-3-16(10-21(17)29-23(19)28)13-25-8-6-18(27)7-9-25;1-14-2-5-21-23-19(13-25(21)10-14)18-9-16-4-3-15(8-20(16)28-22(18)27)11-24-7-6-17(26)12-24/h2-5,10-12,14,18,27H,6-9,13H2,1H3;2-5,8-10,13,17,26H,6-7,11-12H2,1H3. The Morgan fingerprint density at radius 1 is 0.596 bits per heavy atom. The van der Waals surface area contributed by atoms with E-state index >= 15 is 0 Å². The Bertz CT molecular complexity index is 2880. The van der Waals surface area contributed by atoms with E-state index in [0.29, 0.717) is 40.2 Å². The second-order valence-corrected chi connectivity index (χ2v) is 15.5. The molecule has 2 N–H and O–H groups in total. The van der Waals surface area contributed by atoms with E-state index in [0.717, 1.165) is 96.3 Å². The molecule has 2 aromatic carbocycles. The number of β-amino-alcohol motifs (C(OH)–C–C–N with tert-alkyl or cyclic N) is 1. The first kappa shape index (κ1) is 36.7. The van der Waals surface area contributed by atoms with Crippen LogP contribution in [0.4, 0.5) is 0 Å². The molecule has 0 saturated carbocycles. The summed E-state index contributed by atoms with van der Waals surface area (Å²) in [6.07, 6.45) is 9.70. The van der Waals surface area contributed by atoms with Crippen molar-refractivity contribution < 1.29 is 19.0 Å². The summed E-state index contributed by atoms with van der Waals surface area (Å²) in [7, 11) is 0. The minimum absolute atomic E-state index is 0.178. The van der Waals surface area contributed by atoms with E-state index < -0.39 is 0 Å². The van der Waals surface area contributed by atoms with Crippen LogP contribution in [0.3, 0.4) is 0 Å². The first-order valence-electron chi connectivity index (χ1n) is 19.5. The number of benzene rings is 2. The molecule has 2 aliphatic rings. The number of nitrogens with zero attached hydrogens (tertiary/aromatic N) is 6. The molecule has 1 unspecified atom stereocenters. The molecule has 0 bridgehead atoms. The number of hydrogen-bond donors (Lipinski definition) is 2. The largest absolute Gasteiger partial charge is 0.422 e. The van der Waals surface area contributed by atoms with Gasteiger partial charge in [0.1, 0.15) is 22.5 Å². The normalized spacial score (nSPS) is 16.9. The summed E-state index contributed by atoms with van der Waals surface area (Å²) in [5, 5.41) is 21.1. The molecule has 8 aromatic rings. The van der Waals surface area contributed by atoms with E-state index in [2.05, 4.69) is 25.8 Å². The highest BCUT2D eigenvalue weighted by atomic mass is 16.4. The number of rotatable bonds is 6. The number of piperidine rings is 1. The fourth-order valence-electron chi connectivity index (χ4n) is 7.88. The minimum Gasteiger partial charge on any atom is -0.422 e. The molecule has 10 rings (SSSR count). The van der Waals surface area contributed by atoms with E-state index in [-0.39, 0.29) is 23.5 Å². The van der Waals surface area contributed by atoms with Crippen molar-refractivity contribution in [2.24, 2.45) is 0 Å². The van der Waals surface area contributed by atoms with Crippen LogP contribution in [0.25, 0.3) is 55.7 Å². The molecular formula is C45H44N6O6. The number of likely N-dealkylation sites (tertiary alicyclic amines) is 2. The highest BCUT2D eigenvalue weighted by Crippen LogP contribution is 2.25. The number of fused-ring (bicyclic) bond motifs is 4. The van der Waals surface area contributed by atoms with Gasteiger partial charge < -0.3 is 27.8 Å². The van der Waals surface area contributed by atoms with Crippen molar-refractivity contribution in [3.8, 4) is 22.5 Å². The van der Waals surface area contributed by atoms with Gasteiger partial charge in [-0.3, -0.25) is 9.80 Å². The lowest BCUT2D eigenvalue weighted by molar-refractivity contribution is 0.0792. The third kappa shape index (κ3) is 7.90. The molecule has 8 heterocycles. The van der Waals surface area contributed by atoms with Gasteiger partial charge in [-0.15, -0.1) is 0 Å². The molecule has 0 radical (unpaired) electrons. The molecule has 2 fully saturated rings. The van der Waals surface area contributed by atoms with Crippen molar-refractivity contribution in [1.82, 2.24) is 28.6 Å². The fourth-order valence-corrected chi connectivity index (χ4v) is 7.88. The molecule has 2 aliphatic heterocycles. The number of aryl methyl sites for hydroxylation is 2. The van der Waals surface area contributed by atoms with Crippen LogP contribution in [0.5, 0.6) is 0 Å². The molecule has 2 saturated heterocycles. The van der Waals surface area contributed by atoms with Crippen LogP contribution in [-0.4, -0.2) is 77.2 Å². The van der Waals surface area contributed by atoms with Crippen LogP contribution in [0, 0.1) is 13.8 Å². The lowest BCUT2D eigenvalue weighted by Crippen LogP contribution is -2.35. The van der Waals surface area contributed by atoms with Gasteiger partial charge in [-0.25, -0.2) is 19.6 Å². The summed E-state index contributed by atoms with van der Waals surface area (Å²) in [4.78, 5) is 38.9. The third-order valence-corrected chi connectivity index (χ3v) is 11.0. The highest BCUT2D eigenvalue weighted by Gasteiger charge is 2.21. The van der Waals surface area contributed by atoms with Crippen LogP contribution in [0.15, 0.2) is 116 Å². The maximum Gasteiger partial charge on any atom is 0.345 e. The summed E-state index contributed by atoms with van der Waals surface area (Å²) in [5.74, 6) is 0. The summed E-state index contributed by atoms with van der Waals surface area (Å²) >= 11 is 0. The number of pyridine rings is 2. The van der Waals surface area contributed by atoms with Crippen LogP contribution in [0.2, 0.25) is 0 Å². The Hall–Kier alpha value is -5.92. The Balaban J connectivity index is 0.000000148. The summed E-state index contributed by atoms with van der Waals surface area (Å²) in [6.45, 7) is 8.91. The van der Waals surface area contributed by atoms with Crippen molar-refractivity contribution in [3.05, 3.63) is 141 Å². The summed E-state index contributed by atoms with van der Waals surface area (Å²) < 4.78 is 15.1. The van der Waals surface area contributed by atoms with Gasteiger partial charge in [-0.05, 0) is 91.8 Å². The van der Waals surface area contributed by atoms with Gasteiger partial charge >= 0.3 is 11.3 Å². The molecule has 1 atom stereocenters. The van der Waals surface area contributed by atoms with Gasteiger partial charge in [0.2, 0.25) is 0 Å². The topological polar surface area (TPSA) is 142 Å². The van der Waals surface area contributed by atoms with Gasteiger partial charge in [0.05, 0.1) is 34.7 Å². The first-order chi connectivity index (χ1) is 27.6. The molecular weight excluding hydrogens is 721 g/mol. The van der Waals surface area contributed by atoms with Crippen molar-refractivity contribution in [2.75, 3.05) is 26.2 Å². The van der Waals surface area contributed by atoms with Crippen LogP contribution < -0.4 is 11.3 Å². The predicted molar refractivity (Wildman–Crippen MR) is 219 cm³/mol. The molecule has 6 aromatic heterocycles. The van der Waals surface area contributed by atoms with E-state index in [4.69, 9.17) is 8.83 Å². The van der Waals surface area contributed by atoms with E-state index in [1.54, 1.807) is 0 Å². The predicted octanol–water partition coefficient (Wildman–Crippen LogP) is 6.36. The number of aliphatic hydroxyl groups excluding tert-OH is 2. The van der Waals surface area contributed by atoms with Crippen molar-refractivity contribution >= 4 is 33.2 Å². The number of imidazole rings is 2. The zero-order valence-electron chi connectivity index (χ0n) is 32.0. The molecule has 290 valence electrons. The summed E-state index contributed by atoms with van der Waals surface area (Å²) in [5.41, 5.74) is 8.57. The Labute approximate surface area is 327 Å². The SMILES string of the molecule is Cc1ccc2nc(-c3cc4ccc(CN5CCC(O)C5)cc4oc3=O)cn2c1.Cc1ccc2nc(-c3cc4ccc(CN5CCC(O)CC5)cc4oc3=O)cn2c1. The number of hydrogen-bond acceptors (Lipinski definition) is 10. The lowest BCUT2D eigenvalue weighted by atomic mass is 10.1. The molecule has 12 heteroatoms. The quantitative estimate of drug-likeness (QED) is 0.184. The number of aliphatic hydroxyl groups is 2. The Morgan fingerprint density at radius 3 is 1.56 bits per heavy atom. The minimum atomic E-state index is -0.388. The van der Waals surface area contributed by atoms with Crippen LogP contribution in [-0.2, 0) is 13.1 Å². The van der Waals surface area contributed by atoms with Gasteiger partial charge in [0.25, 0.3) is 0 Å². The van der Waals surface area contributed by atoms with Gasteiger partial charge in [-0.1, -0.05) is 36.4 Å². The van der Waals surface area contributed by atoms with Crippen molar-refractivity contribution in [2.45, 2.75) is 58.4 Å². The third-order valence-electron chi connectivity index (χ3n) is 11.0. The maximum absolute atomic E-state index is 12.7. The molecule has 57 heavy (non-hydrogen) atoms. The van der Waals surface area contributed by atoms with Gasteiger partial charge in [-0.2, -0.15) is 0 Å². The average molecular weight is 765 g/mol. The fraction of sp³-hybridized carbons (Fsp3) is 0.289. The van der Waals surface area contributed by atoms with E-state index in [1.807, 2.05) is 114 Å². The Morgan fingerprint density at radius 2 is 1.07 bits per heavy atom. The zero-order valence-corrected chi connectivity index (χ0v) is 32.0. The lowest BCUT2D eigenvalue weighted by Gasteiger charge is -2.29.